The van der Waals surface area contributed by atoms with Crippen LogP contribution in [0.15, 0.2) is 0 Å². The van der Waals surface area contributed by atoms with Crippen molar-refractivity contribution in [3.63, 3.8) is 0 Å². The maximum absolute atomic E-state index is 8.55. The van der Waals surface area contributed by atoms with Crippen molar-refractivity contribution in [1.29, 1.82) is 5.26 Å². The lowest BCUT2D eigenvalue weighted by molar-refractivity contribution is 0.199. The topological polar surface area (TPSA) is 27.0 Å². The Kier molecular flexibility index (Phi) is 4.85. The van der Waals surface area contributed by atoms with Gasteiger partial charge >= 0.3 is 0 Å². The zero-order valence-corrected chi connectivity index (χ0v) is 8.63. The smallest absolute Gasteiger partial charge is 0.0635 e. The van der Waals surface area contributed by atoms with Gasteiger partial charge in [-0.05, 0) is 25.8 Å². The highest BCUT2D eigenvalue weighted by Gasteiger charge is 2.18. The van der Waals surface area contributed by atoms with Gasteiger partial charge in [0.15, 0.2) is 0 Å². The summed E-state index contributed by atoms with van der Waals surface area (Å²) in [6, 6.07) is 2.98. The van der Waals surface area contributed by atoms with Crippen LogP contribution < -0.4 is 0 Å². The Morgan fingerprint density at radius 2 is 2.23 bits per heavy atom. The molecule has 0 aromatic carbocycles. The molecule has 1 unspecified atom stereocenters. The van der Waals surface area contributed by atoms with Gasteiger partial charge in [0.1, 0.15) is 0 Å². The van der Waals surface area contributed by atoms with Crippen molar-refractivity contribution in [3.8, 4) is 6.07 Å². The summed E-state index contributed by atoms with van der Waals surface area (Å²) in [5.41, 5.74) is 0. The number of rotatable bonds is 3. The molecule has 1 rings (SSSR count). The maximum Gasteiger partial charge on any atom is 0.0635 e. The van der Waals surface area contributed by atoms with Crippen LogP contribution in [0.2, 0.25) is 0 Å². The van der Waals surface area contributed by atoms with E-state index in [0.717, 1.165) is 12.6 Å². The van der Waals surface area contributed by atoms with Crippen LogP contribution in [-0.4, -0.2) is 24.0 Å². The van der Waals surface area contributed by atoms with Gasteiger partial charge in [-0.1, -0.05) is 19.8 Å². The molecule has 0 N–H and O–H groups in total. The molecule has 0 amide bonds. The molecule has 0 aromatic heterocycles. The van der Waals surface area contributed by atoms with E-state index in [9.17, 15) is 0 Å². The third-order valence-corrected chi connectivity index (χ3v) is 2.98. The molecule has 0 bridgehead atoms. The van der Waals surface area contributed by atoms with Crippen molar-refractivity contribution >= 4 is 0 Å². The number of likely N-dealkylation sites (tertiary alicyclic amines) is 1. The lowest BCUT2D eigenvalue weighted by atomic mass is 10.1. The van der Waals surface area contributed by atoms with Crippen molar-refractivity contribution in [2.24, 2.45) is 0 Å². The number of hydrogen-bond donors (Lipinski definition) is 0. The van der Waals surface area contributed by atoms with Crippen LogP contribution in [-0.2, 0) is 0 Å². The van der Waals surface area contributed by atoms with Gasteiger partial charge in [-0.2, -0.15) is 5.26 Å². The number of nitriles is 1. The summed E-state index contributed by atoms with van der Waals surface area (Å²) in [7, 11) is 0. The average Bonchev–Trinajstić information content (AvgIpc) is 2.39. The fourth-order valence-electron chi connectivity index (χ4n) is 2.19. The lowest BCUT2D eigenvalue weighted by Gasteiger charge is -2.27. The Morgan fingerprint density at radius 1 is 1.38 bits per heavy atom. The summed E-state index contributed by atoms with van der Waals surface area (Å²) >= 11 is 0. The van der Waals surface area contributed by atoms with Gasteiger partial charge in [-0.15, -0.1) is 0 Å². The van der Waals surface area contributed by atoms with E-state index >= 15 is 0 Å². The predicted octanol–water partition coefficient (Wildman–Crippen LogP) is 2.55. The molecule has 1 fully saturated rings. The first-order valence-electron chi connectivity index (χ1n) is 5.49. The van der Waals surface area contributed by atoms with Gasteiger partial charge in [0.25, 0.3) is 0 Å². The molecule has 1 heterocycles. The Balaban J connectivity index is 2.40. The second-order valence-corrected chi connectivity index (χ2v) is 3.86. The maximum atomic E-state index is 8.55. The van der Waals surface area contributed by atoms with Crippen LogP contribution in [0, 0.1) is 11.3 Å². The summed E-state index contributed by atoms with van der Waals surface area (Å²) in [4.78, 5) is 2.51. The van der Waals surface area contributed by atoms with E-state index in [2.05, 4.69) is 17.9 Å². The average molecular weight is 180 g/mol. The van der Waals surface area contributed by atoms with Gasteiger partial charge in [0.05, 0.1) is 6.07 Å². The normalized spacial score (nSPS) is 25.1. The molecule has 0 spiro atoms. The van der Waals surface area contributed by atoms with Crippen LogP contribution in [0.25, 0.3) is 0 Å². The van der Waals surface area contributed by atoms with E-state index in [1.165, 1.54) is 38.6 Å². The zero-order chi connectivity index (χ0) is 9.52. The van der Waals surface area contributed by atoms with Crippen molar-refractivity contribution in [2.75, 3.05) is 13.1 Å². The molecule has 0 aromatic rings. The Labute approximate surface area is 81.5 Å². The van der Waals surface area contributed by atoms with E-state index in [0.29, 0.717) is 6.42 Å². The minimum atomic E-state index is 0.691. The van der Waals surface area contributed by atoms with Crippen LogP contribution in [0.3, 0.4) is 0 Å². The second kappa shape index (κ2) is 5.99. The third kappa shape index (κ3) is 3.36. The Bertz CT molecular complexity index is 171. The van der Waals surface area contributed by atoms with Gasteiger partial charge in [0.2, 0.25) is 0 Å². The molecule has 0 radical (unpaired) electrons. The molecule has 0 aliphatic carbocycles. The van der Waals surface area contributed by atoms with E-state index in [1.807, 2.05) is 0 Å². The van der Waals surface area contributed by atoms with Crippen LogP contribution in [0.1, 0.15) is 45.4 Å². The summed E-state index contributed by atoms with van der Waals surface area (Å²) in [6.45, 7) is 4.45. The Morgan fingerprint density at radius 3 is 2.92 bits per heavy atom. The molecule has 1 atom stereocenters. The van der Waals surface area contributed by atoms with E-state index in [4.69, 9.17) is 5.26 Å². The summed E-state index contributed by atoms with van der Waals surface area (Å²) in [5, 5.41) is 8.55. The van der Waals surface area contributed by atoms with Gasteiger partial charge in [-0.3, -0.25) is 4.90 Å². The van der Waals surface area contributed by atoms with Gasteiger partial charge in [0, 0.05) is 19.0 Å². The SMILES string of the molecule is CCC1CCCCCN1CCC#N. The molecule has 1 aliphatic rings. The molecule has 13 heavy (non-hydrogen) atoms. The lowest BCUT2D eigenvalue weighted by Crippen LogP contribution is -2.35. The highest BCUT2D eigenvalue weighted by molar-refractivity contribution is 4.78. The molecule has 2 nitrogen and oxygen atoms in total. The monoisotopic (exact) mass is 180 g/mol. The van der Waals surface area contributed by atoms with Crippen LogP contribution in [0.5, 0.6) is 0 Å². The first-order valence-corrected chi connectivity index (χ1v) is 5.49. The molecular weight excluding hydrogens is 160 g/mol. The quantitative estimate of drug-likeness (QED) is 0.667. The van der Waals surface area contributed by atoms with Crippen molar-refractivity contribution in [1.82, 2.24) is 4.90 Å². The molecule has 2 heteroatoms. The minimum Gasteiger partial charge on any atom is -0.299 e. The fourth-order valence-corrected chi connectivity index (χ4v) is 2.19. The fraction of sp³-hybridized carbons (Fsp3) is 0.909. The number of nitrogens with zero attached hydrogens (tertiary/aromatic N) is 2. The van der Waals surface area contributed by atoms with Crippen molar-refractivity contribution in [3.05, 3.63) is 0 Å². The largest absolute Gasteiger partial charge is 0.299 e. The first kappa shape index (κ1) is 10.5. The molecule has 1 saturated heterocycles. The summed E-state index contributed by atoms with van der Waals surface area (Å²) in [5.74, 6) is 0. The predicted molar refractivity (Wildman–Crippen MR) is 54.4 cm³/mol. The minimum absolute atomic E-state index is 0.691. The van der Waals surface area contributed by atoms with E-state index in [1.54, 1.807) is 0 Å². The molecule has 74 valence electrons. The zero-order valence-electron chi connectivity index (χ0n) is 8.63. The molecule has 1 aliphatic heterocycles. The van der Waals surface area contributed by atoms with Crippen molar-refractivity contribution < 1.29 is 0 Å². The van der Waals surface area contributed by atoms with Crippen LogP contribution >= 0.6 is 0 Å². The molecular formula is C11H20N2. The highest BCUT2D eigenvalue weighted by atomic mass is 15.1. The standard InChI is InChI=1S/C11H20N2/c1-2-11-7-4-3-5-9-13(11)10-6-8-12/h11H,2-7,9-10H2,1H3. The van der Waals surface area contributed by atoms with Gasteiger partial charge in [-0.25, -0.2) is 0 Å². The number of hydrogen-bond acceptors (Lipinski definition) is 2. The van der Waals surface area contributed by atoms with Crippen molar-refractivity contribution in [2.45, 2.75) is 51.5 Å². The highest BCUT2D eigenvalue weighted by Crippen LogP contribution is 2.18. The van der Waals surface area contributed by atoms with Gasteiger partial charge < -0.3 is 0 Å². The second-order valence-electron chi connectivity index (χ2n) is 3.86. The van der Waals surface area contributed by atoms with E-state index < -0.39 is 0 Å². The van der Waals surface area contributed by atoms with Crippen LogP contribution in [0.4, 0.5) is 0 Å². The molecule has 0 saturated carbocycles. The Hall–Kier alpha value is -0.550. The van der Waals surface area contributed by atoms with E-state index in [-0.39, 0.29) is 0 Å². The summed E-state index contributed by atoms with van der Waals surface area (Å²) in [6.07, 6.45) is 7.34. The summed E-state index contributed by atoms with van der Waals surface area (Å²) < 4.78 is 0. The first-order chi connectivity index (χ1) is 6.38. The third-order valence-electron chi connectivity index (χ3n) is 2.98.